The van der Waals surface area contributed by atoms with Gasteiger partial charge in [-0.05, 0) is 24.0 Å². The first-order valence-corrected chi connectivity index (χ1v) is 7.69. The van der Waals surface area contributed by atoms with Crippen LogP contribution in [-0.2, 0) is 4.74 Å². The highest BCUT2D eigenvalue weighted by Gasteiger charge is 2.25. The van der Waals surface area contributed by atoms with Crippen molar-refractivity contribution in [3.8, 4) is 0 Å². The number of carbonyl (C=O) groups excluding carboxylic acids is 1. The zero-order valence-electron chi connectivity index (χ0n) is 13.9. The molecule has 5 nitrogen and oxygen atoms in total. The minimum Gasteiger partial charge on any atom is -0.467 e. The normalized spacial score (nSPS) is 17.1. The van der Waals surface area contributed by atoms with Crippen LogP contribution in [0, 0.1) is 5.41 Å². The zero-order valence-corrected chi connectivity index (χ0v) is 13.9. The van der Waals surface area contributed by atoms with E-state index in [0.29, 0.717) is 18.9 Å². The molecule has 0 saturated heterocycles. The van der Waals surface area contributed by atoms with E-state index in [1.54, 1.807) is 13.4 Å². The smallest absolute Gasteiger partial charge is 0.318 e. The summed E-state index contributed by atoms with van der Waals surface area (Å²) in [6, 6.07) is 3.31. The summed E-state index contributed by atoms with van der Waals surface area (Å²) in [7, 11) is 1.61. The van der Waals surface area contributed by atoms with E-state index >= 15 is 0 Å². The third-order valence-corrected chi connectivity index (χ3v) is 3.98. The van der Waals surface area contributed by atoms with E-state index in [2.05, 4.69) is 32.2 Å². The molecular formula is C17H26N2O3. The molecule has 0 saturated carbocycles. The van der Waals surface area contributed by atoms with Crippen molar-refractivity contribution in [2.45, 2.75) is 33.2 Å². The number of furan rings is 1. The van der Waals surface area contributed by atoms with Crippen molar-refractivity contribution in [2.24, 2.45) is 5.41 Å². The lowest BCUT2D eigenvalue weighted by Crippen LogP contribution is -2.45. The van der Waals surface area contributed by atoms with Gasteiger partial charge in [-0.1, -0.05) is 32.4 Å². The van der Waals surface area contributed by atoms with Crippen LogP contribution in [0.1, 0.15) is 39.0 Å². The Labute approximate surface area is 132 Å². The lowest BCUT2D eigenvalue weighted by molar-refractivity contribution is 0.147. The lowest BCUT2D eigenvalue weighted by atomic mass is 9.83. The van der Waals surface area contributed by atoms with E-state index < -0.39 is 0 Å². The Morgan fingerprint density at radius 3 is 2.77 bits per heavy atom. The van der Waals surface area contributed by atoms with Gasteiger partial charge in [-0.25, -0.2) is 4.79 Å². The number of urea groups is 1. The Kier molecular flexibility index (Phi) is 5.29. The van der Waals surface area contributed by atoms with Gasteiger partial charge in [0.2, 0.25) is 0 Å². The van der Waals surface area contributed by atoms with E-state index in [-0.39, 0.29) is 17.5 Å². The van der Waals surface area contributed by atoms with Crippen LogP contribution in [0.4, 0.5) is 4.79 Å². The molecule has 0 bridgehead atoms. The van der Waals surface area contributed by atoms with Crippen molar-refractivity contribution in [2.75, 3.05) is 26.8 Å². The molecule has 1 unspecified atom stereocenters. The van der Waals surface area contributed by atoms with Crippen molar-refractivity contribution in [3.63, 3.8) is 0 Å². The van der Waals surface area contributed by atoms with E-state index in [9.17, 15) is 4.79 Å². The third kappa shape index (κ3) is 4.13. The number of carbonyl (C=O) groups is 1. The van der Waals surface area contributed by atoms with Crippen LogP contribution in [0.25, 0.3) is 0 Å². The van der Waals surface area contributed by atoms with Crippen LogP contribution in [0.5, 0.6) is 0 Å². The van der Waals surface area contributed by atoms with Crippen LogP contribution in [0.15, 0.2) is 34.5 Å². The molecule has 0 radical (unpaired) electrons. The first-order chi connectivity index (χ1) is 10.4. The summed E-state index contributed by atoms with van der Waals surface area (Å²) >= 11 is 0. The first kappa shape index (κ1) is 16.6. The summed E-state index contributed by atoms with van der Waals surface area (Å²) in [5.74, 6) is 0.707. The van der Waals surface area contributed by atoms with Gasteiger partial charge in [0.1, 0.15) is 11.8 Å². The molecule has 2 heterocycles. The molecule has 0 aliphatic carbocycles. The topological polar surface area (TPSA) is 54.7 Å². The largest absolute Gasteiger partial charge is 0.467 e. The summed E-state index contributed by atoms with van der Waals surface area (Å²) in [6.45, 7) is 8.40. The van der Waals surface area contributed by atoms with E-state index in [1.807, 2.05) is 17.0 Å². The maximum atomic E-state index is 12.4. The van der Waals surface area contributed by atoms with Gasteiger partial charge in [0.25, 0.3) is 0 Å². The second kappa shape index (κ2) is 7.01. The molecule has 0 aromatic carbocycles. The number of methoxy groups -OCH3 is 1. The Bertz CT molecular complexity index is 515. The fourth-order valence-electron chi connectivity index (χ4n) is 2.63. The van der Waals surface area contributed by atoms with Gasteiger partial charge in [0.15, 0.2) is 0 Å². The molecule has 0 spiro atoms. The molecule has 2 amide bonds. The summed E-state index contributed by atoms with van der Waals surface area (Å²) in [5.41, 5.74) is 1.59. The minimum absolute atomic E-state index is 0.0809. The van der Waals surface area contributed by atoms with E-state index in [0.717, 1.165) is 13.0 Å². The monoisotopic (exact) mass is 306 g/mol. The average Bonchev–Trinajstić information content (AvgIpc) is 3.00. The SMILES string of the molecule is COCC(NC(=O)N1CC=C(C(C)(C)C)CC1)c1ccco1. The standard InChI is InChI=1S/C17H26N2O3/c1-17(2,3)13-7-9-19(10-8-13)16(20)18-14(12-21-4)15-6-5-11-22-15/h5-7,11,14H,8-10,12H2,1-4H3,(H,18,20). The Morgan fingerprint density at radius 1 is 1.50 bits per heavy atom. The number of rotatable bonds is 4. The van der Waals surface area contributed by atoms with Crippen molar-refractivity contribution in [1.29, 1.82) is 0 Å². The highest BCUT2D eigenvalue weighted by Crippen LogP contribution is 2.30. The zero-order chi connectivity index (χ0) is 16.2. The van der Waals surface area contributed by atoms with Crippen LogP contribution in [0.2, 0.25) is 0 Å². The quantitative estimate of drug-likeness (QED) is 0.868. The maximum Gasteiger partial charge on any atom is 0.318 e. The second-order valence-corrected chi connectivity index (χ2v) is 6.65. The van der Waals surface area contributed by atoms with Crippen LogP contribution in [-0.4, -0.2) is 37.7 Å². The maximum absolute atomic E-state index is 12.4. The predicted octanol–water partition coefficient (Wildman–Crippen LogP) is 3.35. The first-order valence-electron chi connectivity index (χ1n) is 7.69. The molecule has 5 heteroatoms. The number of hydrogen-bond acceptors (Lipinski definition) is 3. The van der Waals surface area contributed by atoms with Crippen molar-refractivity contribution >= 4 is 6.03 Å². The molecular weight excluding hydrogens is 280 g/mol. The van der Waals surface area contributed by atoms with Gasteiger partial charge < -0.3 is 19.4 Å². The number of nitrogens with one attached hydrogen (secondary N) is 1. The van der Waals surface area contributed by atoms with E-state index in [1.165, 1.54) is 5.57 Å². The third-order valence-electron chi connectivity index (χ3n) is 3.98. The number of amides is 2. The molecule has 1 aromatic rings. The fourth-order valence-corrected chi connectivity index (χ4v) is 2.63. The fraction of sp³-hybridized carbons (Fsp3) is 0.588. The molecule has 2 rings (SSSR count). The van der Waals surface area contributed by atoms with E-state index in [4.69, 9.17) is 9.15 Å². The summed E-state index contributed by atoms with van der Waals surface area (Å²) < 4.78 is 10.5. The van der Waals surface area contributed by atoms with Gasteiger partial charge in [-0.15, -0.1) is 0 Å². The Balaban J connectivity index is 1.96. The summed E-state index contributed by atoms with van der Waals surface area (Å²) in [6.07, 6.45) is 4.69. The minimum atomic E-state index is -0.263. The second-order valence-electron chi connectivity index (χ2n) is 6.65. The summed E-state index contributed by atoms with van der Waals surface area (Å²) in [5, 5.41) is 2.98. The molecule has 122 valence electrons. The van der Waals surface area contributed by atoms with Gasteiger partial charge >= 0.3 is 6.03 Å². The number of nitrogens with zero attached hydrogens (tertiary/aromatic N) is 1. The molecule has 0 fully saturated rings. The number of ether oxygens (including phenoxy) is 1. The van der Waals surface area contributed by atoms with Gasteiger partial charge in [0, 0.05) is 20.2 Å². The van der Waals surface area contributed by atoms with Crippen LogP contribution in [0.3, 0.4) is 0 Å². The molecule has 1 aliphatic heterocycles. The molecule has 22 heavy (non-hydrogen) atoms. The van der Waals surface area contributed by atoms with Gasteiger partial charge in [0.05, 0.1) is 12.9 Å². The highest BCUT2D eigenvalue weighted by atomic mass is 16.5. The van der Waals surface area contributed by atoms with Crippen molar-refractivity contribution < 1.29 is 13.9 Å². The summed E-state index contributed by atoms with van der Waals surface area (Å²) in [4.78, 5) is 14.2. The average molecular weight is 306 g/mol. The predicted molar refractivity (Wildman–Crippen MR) is 85.6 cm³/mol. The van der Waals surface area contributed by atoms with Gasteiger partial charge in [-0.2, -0.15) is 0 Å². The van der Waals surface area contributed by atoms with Crippen molar-refractivity contribution in [1.82, 2.24) is 10.2 Å². The molecule has 1 N–H and O–H groups in total. The molecule has 1 atom stereocenters. The highest BCUT2D eigenvalue weighted by molar-refractivity contribution is 5.75. The Morgan fingerprint density at radius 2 is 2.27 bits per heavy atom. The van der Waals surface area contributed by atoms with Gasteiger partial charge in [-0.3, -0.25) is 0 Å². The lowest BCUT2D eigenvalue weighted by Gasteiger charge is -2.33. The van der Waals surface area contributed by atoms with Crippen LogP contribution < -0.4 is 5.32 Å². The van der Waals surface area contributed by atoms with Crippen LogP contribution >= 0.6 is 0 Å². The number of hydrogen-bond donors (Lipinski definition) is 1. The Hall–Kier alpha value is -1.75. The molecule has 1 aliphatic rings. The van der Waals surface area contributed by atoms with Crippen molar-refractivity contribution in [3.05, 3.63) is 35.8 Å². The molecule has 1 aromatic heterocycles.